The van der Waals surface area contributed by atoms with E-state index in [0.717, 1.165) is 68.0 Å². The average Bonchev–Trinajstić information content (AvgIpc) is 3.85. The Balaban J connectivity index is 1.36. The van der Waals surface area contributed by atoms with Crippen LogP contribution in [0.2, 0.25) is 0 Å². The van der Waals surface area contributed by atoms with E-state index in [9.17, 15) is 13.6 Å². The summed E-state index contributed by atoms with van der Waals surface area (Å²) in [6.45, 7) is 2.64. The molecule has 8 nitrogen and oxygen atoms in total. The molecule has 2 fully saturated rings. The van der Waals surface area contributed by atoms with Gasteiger partial charge >= 0.3 is 0 Å². The first-order chi connectivity index (χ1) is 19.9. The lowest BCUT2D eigenvalue weighted by molar-refractivity contribution is 0.158. The van der Waals surface area contributed by atoms with Crippen molar-refractivity contribution in [2.24, 2.45) is 0 Å². The number of rotatable bonds is 9. The first-order valence-electron chi connectivity index (χ1n) is 14.1. The normalized spacial score (nSPS) is 17.3. The number of nitrogens with one attached hydrogen (secondary N) is 1. The number of nitrogens with zero attached hydrogens (tertiary/aromatic N) is 5. The van der Waals surface area contributed by atoms with E-state index in [4.69, 9.17) is 4.74 Å². The zero-order valence-corrected chi connectivity index (χ0v) is 23.3. The molecule has 0 bridgehead atoms. The van der Waals surface area contributed by atoms with Gasteiger partial charge in [0, 0.05) is 80.8 Å². The molecule has 6 rings (SSSR count). The first kappa shape index (κ1) is 27.1. The molecule has 4 heterocycles. The molecule has 1 N–H and O–H groups in total. The molecule has 2 aliphatic rings. The van der Waals surface area contributed by atoms with E-state index < -0.39 is 11.6 Å². The van der Waals surface area contributed by atoms with Crippen molar-refractivity contribution in [2.45, 2.75) is 50.9 Å². The maximum atomic E-state index is 14.3. The summed E-state index contributed by atoms with van der Waals surface area (Å²) in [6.07, 6.45) is 9.33. The lowest BCUT2D eigenvalue weighted by atomic mass is 10.0. The standard InChI is InChI=1S/C31H34F2N6O2/c1-34-29-8-7-23(15-36-29)37-11-3-4-24(19-37)38(16-20-9-10-35-30(12-20)41-2)17-21-18-39(22-5-6-22)28-14-27(33)26(32)13-25(28)31(21)40/h7-10,12-15,18,22,24H,3-6,11,16-17,19H2,1-2H3,(H,34,36). The van der Waals surface area contributed by atoms with Crippen molar-refractivity contribution in [3.8, 4) is 5.88 Å². The van der Waals surface area contributed by atoms with Crippen molar-refractivity contribution in [3.05, 3.63) is 88.0 Å². The van der Waals surface area contributed by atoms with Crippen molar-refractivity contribution in [3.63, 3.8) is 0 Å². The van der Waals surface area contributed by atoms with Crippen LogP contribution in [0.3, 0.4) is 0 Å². The van der Waals surface area contributed by atoms with E-state index in [2.05, 4.69) is 31.2 Å². The van der Waals surface area contributed by atoms with Crippen LogP contribution in [0.15, 0.2) is 59.8 Å². The van der Waals surface area contributed by atoms with Crippen LogP contribution >= 0.6 is 0 Å². The molecule has 41 heavy (non-hydrogen) atoms. The Bertz CT molecular complexity index is 1610. The van der Waals surface area contributed by atoms with Crippen LogP contribution in [0.1, 0.15) is 42.9 Å². The van der Waals surface area contributed by atoms with E-state index in [1.54, 1.807) is 13.3 Å². The SMILES string of the molecule is CNc1ccc(N2CCCC(N(Cc3ccnc(OC)c3)Cc3cn(C4CC4)c4cc(F)c(F)cc4c3=O)C2)cn1. The molecule has 1 atom stereocenters. The van der Waals surface area contributed by atoms with Crippen LogP contribution < -0.4 is 20.4 Å². The Kier molecular flexibility index (Phi) is 7.57. The van der Waals surface area contributed by atoms with Crippen molar-refractivity contribution >= 4 is 22.4 Å². The van der Waals surface area contributed by atoms with Crippen LogP contribution in [0.5, 0.6) is 5.88 Å². The molecule has 0 spiro atoms. The van der Waals surface area contributed by atoms with Crippen molar-refractivity contribution < 1.29 is 13.5 Å². The van der Waals surface area contributed by atoms with Gasteiger partial charge in [0.1, 0.15) is 5.82 Å². The summed E-state index contributed by atoms with van der Waals surface area (Å²) in [5.41, 5.74) is 2.84. The van der Waals surface area contributed by atoms with Crippen LogP contribution in [0, 0.1) is 11.6 Å². The van der Waals surface area contributed by atoms with Crippen molar-refractivity contribution in [1.29, 1.82) is 0 Å². The van der Waals surface area contributed by atoms with Gasteiger partial charge in [-0.25, -0.2) is 18.7 Å². The van der Waals surface area contributed by atoms with Crippen LogP contribution in [-0.4, -0.2) is 52.7 Å². The van der Waals surface area contributed by atoms with Gasteiger partial charge in [0.2, 0.25) is 5.88 Å². The second-order valence-corrected chi connectivity index (χ2v) is 10.9. The number of aromatic nitrogens is 3. The average molecular weight is 561 g/mol. The number of piperidine rings is 1. The van der Waals surface area contributed by atoms with E-state index >= 15 is 0 Å². The molecule has 214 valence electrons. The molecule has 3 aromatic heterocycles. The molecule has 1 saturated carbocycles. The number of anilines is 2. The van der Waals surface area contributed by atoms with E-state index in [-0.39, 0.29) is 22.9 Å². The molecule has 1 aromatic carbocycles. The fourth-order valence-electron chi connectivity index (χ4n) is 5.80. The molecule has 0 amide bonds. The number of halogens is 2. The molecular weight excluding hydrogens is 526 g/mol. The highest BCUT2D eigenvalue weighted by atomic mass is 19.2. The lowest BCUT2D eigenvalue weighted by Crippen LogP contribution is -2.48. The summed E-state index contributed by atoms with van der Waals surface area (Å²) in [5.74, 6) is -0.597. The van der Waals surface area contributed by atoms with Gasteiger partial charge in [-0.2, -0.15) is 0 Å². The Morgan fingerprint density at radius 3 is 2.63 bits per heavy atom. The van der Waals surface area contributed by atoms with E-state index in [1.165, 1.54) is 0 Å². The maximum absolute atomic E-state index is 14.3. The number of fused-ring (bicyclic) bond motifs is 1. The van der Waals surface area contributed by atoms with Crippen LogP contribution in [-0.2, 0) is 13.1 Å². The molecular formula is C31H34F2N6O2. The summed E-state index contributed by atoms with van der Waals surface area (Å²) >= 11 is 0. The zero-order valence-electron chi connectivity index (χ0n) is 23.3. The first-order valence-corrected chi connectivity index (χ1v) is 14.1. The van der Waals surface area contributed by atoms with E-state index in [1.807, 2.05) is 42.2 Å². The summed E-state index contributed by atoms with van der Waals surface area (Å²) in [6, 6.07) is 10.5. The number of benzene rings is 1. The quantitative estimate of drug-likeness (QED) is 0.304. The highest BCUT2D eigenvalue weighted by molar-refractivity contribution is 5.80. The van der Waals surface area contributed by atoms with Gasteiger partial charge in [-0.05, 0) is 55.5 Å². The largest absolute Gasteiger partial charge is 0.481 e. The topological polar surface area (TPSA) is 75.5 Å². The van der Waals surface area contributed by atoms with Gasteiger partial charge in [0.05, 0.1) is 24.5 Å². The molecule has 10 heteroatoms. The fourth-order valence-corrected chi connectivity index (χ4v) is 5.80. The summed E-state index contributed by atoms with van der Waals surface area (Å²) in [4.78, 5) is 27.1. The van der Waals surface area contributed by atoms with Gasteiger partial charge in [0.15, 0.2) is 17.1 Å². The van der Waals surface area contributed by atoms with Crippen LogP contribution in [0.25, 0.3) is 10.9 Å². The summed E-state index contributed by atoms with van der Waals surface area (Å²) in [7, 11) is 3.44. The predicted octanol–water partition coefficient (Wildman–Crippen LogP) is 5.13. The third-order valence-electron chi connectivity index (χ3n) is 8.14. The van der Waals surface area contributed by atoms with Gasteiger partial charge in [0.25, 0.3) is 0 Å². The molecule has 0 radical (unpaired) electrons. The summed E-state index contributed by atoms with van der Waals surface area (Å²) in [5, 5.41) is 3.28. The molecule has 4 aromatic rings. The minimum absolute atomic E-state index is 0.140. The van der Waals surface area contributed by atoms with Gasteiger partial charge in [-0.3, -0.25) is 9.69 Å². The maximum Gasteiger partial charge on any atom is 0.213 e. The van der Waals surface area contributed by atoms with E-state index in [0.29, 0.717) is 30.0 Å². The highest BCUT2D eigenvalue weighted by Crippen LogP contribution is 2.37. The minimum Gasteiger partial charge on any atom is -0.481 e. The van der Waals surface area contributed by atoms with Gasteiger partial charge in [-0.1, -0.05) is 0 Å². The van der Waals surface area contributed by atoms with Gasteiger partial charge < -0.3 is 19.5 Å². The number of hydrogen-bond donors (Lipinski definition) is 1. The lowest BCUT2D eigenvalue weighted by Gasteiger charge is -2.40. The third kappa shape index (κ3) is 5.74. The van der Waals surface area contributed by atoms with Crippen LogP contribution in [0.4, 0.5) is 20.3 Å². The van der Waals surface area contributed by atoms with Crippen molar-refractivity contribution in [1.82, 2.24) is 19.4 Å². The second-order valence-electron chi connectivity index (χ2n) is 10.9. The molecule has 1 unspecified atom stereocenters. The number of methoxy groups -OCH3 is 1. The smallest absolute Gasteiger partial charge is 0.213 e. The Morgan fingerprint density at radius 2 is 1.90 bits per heavy atom. The Hall–Kier alpha value is -4.05. The third-order valence-corrected chi connectivity index (χ3v) is 8.14. The van der Waals surface area contributed by atoms with Crippen molar-refractivity contribution in [2.75, 3.05) is 37.5 Å². The fraction of sp³-hybridized carbons (Fsp3) is 0.387. The predicted molar refractivity (Wildman–Crippen MR) is 155 cm³/mol. The minimum atomic E-state index is -1.00. The Morgan fingerprint density at radius 1 is 1.07 bits per heavy atom. The number of pyridine rings is 3. The highest BCUT2D eigenvalue weighted by Gasteiger charge is 2.30. The number of ether oxygens (including phenoxy) is 1. The monoisotopic (exact) mass is 560 g/mol. The zero-order chi connectivity index (χ0) is 28.5. The molecule has 1 aliphatic heterocycles. The Labute approximate surface area is 237 Å². The molecule has 1 saturated heterocycles. The van der Waals surface area contributed by atoms with Gasteiger partial charge in [-0.15, -0.1) is 0 Å². The molecule has 1 aliphatic carbocycles. The summed E-state index contributed by atoms with van der Waals surface area (Å²) < 4.78 is 35.8. The second kappa shape index (κ2) is 11.4. The number of hydrogen-bond acceptors (Lipinski definition) is 7.